The molecule has 0 spiro atoms. The van der Waals surface area contributed by atoms with Crippen molar-refractivity contribution in [1.29, 1.82) is 0 Å². The van der Waals surface area contributed by atoms with Crippen molar-refractivity contribution in [3.63, 3.8) is 0 Å². The van der Waals surface area contributed by atoms with Crippen LogP contribution in [0.3, 0.4) is 0 Å². The molecular weight excluding hydrogens is 244 g/mol. The maximum atomic E-state index is 12.0. The topological polar surface area (TPSA) is 87.1 Å². The van der Waals surface area contributed by atoms with Crippen molar-refractivity contribution in [3.05, 3.63) is 10.4 Å². The molecule has 0 radical (unpaired) electrons. The molecule has 1 saturated carbocycles. The Hall–Kier alpha value is -1.26. The SMILES string of the molecule is COC(=O)C1(NCCN=[N+]=[N-])CCC(C(C)C)CC1. The van der Waals surface area contributed by atoms with Gasteiger partial charge in [0.1, 0.15) is 5.54 Å². The van der Waals surface area contributed by atoms with Gasteiger partial charge in [-0.05, 0) is 43.1 Å². The Kier molecular flexibility index (Phi) is 6.12. The van der Waals surface area contributed by atoms with E-state index in [2.05, 4.69) is 29.2 Å². The fraction of sp³-hybridized carbons (Fsp3) is 0.923. The zero-order valence-corrected chi connectivity index (χ0v) is 12.1. The number of ether oxygens (including phenoxy) is 1. The normalized spacial score (nSPS) is 26.8. The van der Waals surface area contributed by atoms with Gasteiger partial charge in [0.05, 0.1) is 7.11 Å². The zero-order valence-electron chi connectivity index (χ0n) is 12.1. The molecule has 0 amide bonds. The van der Waals surface area contributed by atoms with E-state index in [-0.39, 0.29) is 5.97 Å². The highest BCUT2D eigenvalue weighted by Gasteiger charge is 2.42. The molecule has 108 valence electrons. The number of nitrogens with one attached hydrogen (secondary N) is 1. The standard InChI is InChI=1S/C13H24N4O2/c1-10(2)11-4-6-13(7-5-11,12(18)19-3)15-8-9-16-17-14/h10-11,15H,4-9H2,1-3H3. The van der Waals surface area contributed by atoms with Crippen molar-refractivity contribution < 1.29 is 9.53 Å². The molecule has 0 saturated heterocycles. The van der Waals surface area contributed by atoms with Crippen LogP contribution in [0.1, 0.15) is 39.5 Å². The molecule has 6 nitrogen and oxygen atoms in total. The van der Waals surface area contributed by atoms with E-state index in [1.807, 2.05) is 0 Å². The summed E-state index contributed by atoms with van der Waals surface area (Å²) >= 11 is 0. The Labute approximate surface area is 114 Å². The molecule has 0 unspecified atom stereocenters. The first-order valence-corrected chi connectivity index (χ1v) is 6.90. The van der Waals surface area contributed by atoms with E-state index in [1.165, 1.54) is 7.11 Å². The van der Waals surface area contributed by atoms with Crippen LogP contribution in [0.4, 0.5) is 0 Å². The summed E-state index contributed by atoms with van der Waals surface area (Å²) in [6.45, 7) is 5.31. The van der Waals surface area contributed by atoms with Gasteiger partial charge in [0.15, 0.2) is 0 Å². The first kappa shape index (κ1) is 15.8. The molecule has 0 heterocycles. The van der Waals surface area contributed by atoms with Gasteiger partial charge in [-0.3, -0.25) is 4.79 Å². The van der Waals surface area contributed by atoms with E-state index in [9.17, 15) is 4.79 Å². The van der Waals surface area contributed by atoms with E-state index in [0.717, 1.165) is 25.7 Å². The third-order valence-corrected chi connectivity index (χ3v) is 4.14. The van der Waals surface area contributed by atoms with Gasteiger partial charge in [-0.1, -0.05) is 19.0 Å². The fourth-order valence-corrected chi connectivity index (χ4v) is 2.84. The first-order chi connectivity index (χ1) is 9.05. The van der Waals surface area contributed by atoms with Crippen molar-refractivity contribution in [2.75, 3.05) is 20.2 Å². The van der Waals surface area contributed by atoms with Crippen LogP contribution >= 0.6 is 0 Å². The van der Waals surface area contributed by atoms with Crippen LogP contribution < -0.4 is 5.32 Å². The third kappa shape index (κ3) is 4.11. The van der Waals surface area contributed by atoms with E-state index < -0.39 is 5.54 Å². The molecule has 0 aromatic carbocycles. The van der Waals surface area contributed by atoms with Crippen LogP contribution in [-0.2, 0) is 9.53 Å². The minimum absolute atomic E-state index is 0.198. The van der Waals surface area contributed by atoms with Crippen LogP contribution in [-0.4, -0.2) is 31.7 Å². The summed E-state index contributed by atoms with van der Waals surface area (Å²) < 4.78 is 4.94. The van der Waals surface area contributed by atoms with Crippen molar-refractivity contribution in [2.24, 2.45) is 17.0 Å². The molecule has 1 N–H and O–H groups in total. The zero-order chi connectivity index (χ0) is 14.3. The highest BCUT2D eigenvalue weighted by atomic mass is 16.5. The maximum absolute atomic E-state index is 12.0. The molecule has 0 aliphatic heterocycles. The summed E-state index contributed by atoms with van der Waals surface area (Å²) in [5.41, 5.74) is 7.67. The van der Waals surface area contributed by atoms with Gasteiger partial charge in [-0.2, -0.15) is 0 Å². The van der Waals surface area contributed by atoms with Gasteiger partial charge < -0.3 is 10.1 Å². The van der Waals surface area contributed by atoms with E-state index in [4.69, 9.17) is 10.3 Å². The van der Waals surface area contributed by atoms with Crippen molar-refractivity contribution in [1.82, 2.24) is 5.32 Å². The van der Waals surface area contributed by atoms with Crippen LogP contribution in [0.2, 0.25) is 0 Å². The van der Waals surface area contributed by atoms with Crippen LogP contribution in [0.5, 0.6) is 0 Å². The Morgan fingerprint density at radius 1 is 1.53 bits per heavy atom. The second kappa shape index (κ2) is 7.36. The van der Waals surface area contributed by atoms with Crippen molar-refractivity contribution >= 4 is 5.97 Å². The molecule has 1 rings (SSSR count). The number of azide groups is 1. The molecule has 0 aromatic rings. The van der Waals surface area contributed by atoms with E-state index in [1.54, 1.807) is 0 Å². The lowest BCUT2D eigenvalue weighted by Gasteiger charge is -2.39. The fourth-order valence-electron chi connectivity index (χ4n) is 2.84. The Bertz CT molecular complexity index is 343. The number of hydrogen-bond acceptors (Lipinski definition) is 4. The summed E-state index contributed by atoms with van der Waals surface area (Å²) in [7, 11) is 1.42. The minimum atomic E-state index is -0.592. The lowest BCUT2D eigenvalue weighted by molar-refractivity contribution is -0.150. The number of rotatable bonds is 6. The summed E-state index contributed by atoms with van der Waals surface area (Å²) in [5.74, 6) is 1.13. The smallest absolute Gasteiger partial charge is 0.326 e. The molecule has 0 bridgehead atoms. The number of carbonyl (C=O) groups is 1. The highest BCUT2D eigenvalue weighted by Crippen LogP contribution is 2.36. The second-order valence-electron chi connectivity index (χ2n) is 5.54. The average molecular weight is 268 g/mol. The summed E-state index contributed by atoms with van der Waals surface area (Å²) in [5, 5.41) is 6.72. The number of carbonyl (C=O) groups excluding carboxylic acids is 1. The molecule has 6 heteroatoms. The second-order valence-corrected chi connectivity index (χ2v) is 5.54. The Morgan fingerprint density at radius 3 is 2.63 bits per heavy atom. The summed E-state index contributed by atoms with van der Waals surface area (Å²) in [4.78, 5) is 14.8. The number of esters is 1. The van der Waals surface area contributed by atoms with Gasteiger partial charge in [0.2, 0.25) is 0 Å². The monoisotopic (exact) mass is 268 g/mol. The largest absolute Gasteiger partial charge is 0.468 e. The minimum Gasteiger partial charge on any atom is -0.468 e. The Morgan fingerprint density at radius 2 is 2.16 bits per heavy atom. The highest BCUT2D eigenvalue weighted by molar-refractivity contribution is 5.80. The maximum Gasteiger partial charge on any atom is 0.326 e. The lowest BCUT2D eigenvalue weighted by Crippen LogP contribution is -2.55. The molecular formula is C13H24N4O2. The molecule has 1 aliphatic carbocycles. The van der Waals surface area contributed by atoms with Crippen LogP contribution in [0, 0.1) is 11.8 Å². The number of nitrogens with zero attached hydrogens (tertiary/aromatic N) is 3. The Balaban J connectivity index is 2.63. The molecule has 0 atom stereocenters. The van der Waals surface area contributed by atoms with Gasteiger partial charge >= 0.3 is 5.97 Å². The molecule has 19 heavy (non-hydrogen) atoms. The van der Waals surface area contributed by atoms with Crippen molar-refractivity contribution in [2.45, 2.75) is 45.1 Å². The summed E-state index contributed by atoms with van der Waals surface area (Å²) in [6.07, 6.45) is 3.64. The van der Waals surface area contributed by atoms with E-state index in [0.29, 0.717) is 24.9 Å². The number of hydrogen-bond donors (Lipinski definition) is 1. The molecule has 0 aromatic heterocycles. The van der Waals surface area contributed by atoms with Crippen molar-refractivity contribution in [3.8, 4) is 0 Å². The van der Waals surface area contributed by atoms with E-state index >= 15 is 0 Å². The molecule has 1 fully saturated rings. The average Bonchev–Trinajstić information content (AvgIpc) is 2.43. The number of methoxy groups -OCH3 is 1. The summed E-state index contributed by atoms with van der Waals surface area (Å²) in [6, 6.07) is 0. The van der Waals surface area contributed by atoms with Gasteiger partial charge in [0.25, 0.3) is 0 Å². The predicted molar refractivity (Wildman–Crippen MR) is 73.6 cm³/mol. The molecule has 1 aliphatic rings. The first-order valence-electron chi connectivity index (χ1n) is 6.90. The predicted octanol–water partition coefficient (Wildman–Crippen LogP) is 2.64. The van der Waals surface area contributed by atoms with Crippen LogP contribution in [0.25, 0.3) is 10.4 Å². The van der Waals surface area contributed by atoms with Gasteiger partial charge in [-0.15, -0.1) is 0 Å². The van der Waals surface area contributed by atoms with Gasteiger partial charge in [-0.25, -0.2) is 0 Å². The third-order valence-electron chi connectivity index (χ3n) is 4.14. The quantitative estimate of drug-likeness (QED) is 0.264. The lowest BCUT2D eigenvalue weighted by atomic mass is 9.72. The van der Waals surface area contributed by atoms with Crippen LogP contribution in [0.15, 0.2) is 5.11 Å². The van der Waals surface area contributed by atoms with Gasteiger partial charge in [0, 0.05) is 18.0 Å².